The molecule has 136 valence electrons. The molecule has 0 fully saturated rings. The van der Waals surface area contributed by atoms with Crippen LogP contribution in [0.3, 0.4) is 0 Å². The van der Waals surface area contributed by atoms with Gasteiger partial charge in [0.05, 0.1) is 22.6 Å². The van der Waals surface area contributed by atoms with Crippen LogP contribution in [0.15, 0.2) is 47.4 Å². The highest BCUT2D eigenvalue weighted by Crippen LogP contribution is 2.26. The van der Waals surface area contributed by atoms with E-state index in [9.17, 15) is 18.0 Å². The first-order valence-electron chi connectivity index (χ1n) is 7.98. The number of nitrogens with zero attached hydrogens (tertiary/aromatic N) is 1. The van der Waals surface area contributed by atoms with E-state index in [-0.39, 0.29) is 29.9 Å². The number of fused-ring (bicyclic) bond motifs is 1. The minimum Gasteiger partial charge on any atom is -0.491 e. The molecule has 0 spiro atoms. The maximum absolute atomic E-state index is 12.3. The maximum Gasteiger partial charge on any atom is 0.261 e. The van der Waals surface area contributed by atoms with Crippen molar-refractivity contribution in [1.82, 2.24) is 4.90 Å². The van der Waals surface area contributed by atoms with Crippen LogP contribution in [0.1, 0.15) is 33.2 Å². The Hall–Kier alpha value is -2.38. The van der Waals surface area contributed by atoms with Gasteiger partial charge in [0.15, 0.2) is 0 Å². The number of imide groups is 1. The number of halogens is 1. The molecule has 0 saturated heterocycles. The smallest absolute Gasteiger partial charge is 0.261 e. The van der Waals surface area contributed by atoms with E-state index in [2.05, 4.69) is 0 Å². The van der Waals surface area contributed by atoms with Crippen LogP contribution in [0.5, 0.6) is 5.75 Å². The molecule has 3 rings (SSSR count). The molecule has 2 amide bonds. The number of ether oxygens (including phenoxy) is 1. The third-order valence-electron chi connectivity index (χ3n) is 4.15. The van der Waals surface area contributed by atoms with E-state index >= 15 is 0 Å². The molecule has 2 aromatic carbocycles. The molecule has 0 atom stereocenters. The molecular formula is C18H16ClNO5S. The first-order chi connectivity index (χ1) is 12.3. The van der Waals surface area contributed by atoms with E-state index in [1.165, 1.54) is 18.2 Å². The Morgan fingerprint density at radius 3 is 2.19 bits per heavy atom. The van der Waals surface area contributed by atoms with Gasteiger partial charge in [-0.25, -0.2) is 8.42 Å². The summed E-state index contributed by atoms with van der Waals surface area (Å²) in [5.74, 6) is -0.185. The van der Waals surface area contributed by atoms with Crippen LogP contribution < -0.4 is 4.74 Å². The Labute approximate surface area is 155 Å². The van der Waals surface area contributed by atoms with E-state index in [0.717, 1.165) is 4.90 Å². The van der Waals surface area contributed by atoms with Crippen LogP contribution in [0.2, 0.25) is 0 Å². The number of amides is 2. The van der Waals surface area contributed by atoms with Gasteiger partial charge in [0.1, 0.15) is 12.4 Å². The van der Waals surface area contributed by atoms with Crippen LogP contribution in [0.25, 0.3) is 0 Å². The zero-order valence-electron chi connectivity index (χ0n) is 13.9. The highest BCUT2D eigenvalue weighted by Gasteiger charge is 2.34. The van der Waals surface area contributed by atoms with Gasteiger partial charge in [0.2, 0.25) is 0 Å². The Kier molecular flexibility index (Phi) is 5.02. The first-order valence-corrected chi connectivity index (χ1v) is 10.3. The fraction of sp³-hybridized carbons (Fsp3) is 0.222. The number of carbonyl (C=O) groups is 2. The lowest BCUT2D eigenvalue weighted by Gasteiger charge is -2.16. The third-order valence-corrected chi connectivity index (χ3v) is 5.50. The number of hydrogen-bond donors (Lipinski definition) is 0. The molecule has 1 heterocycles. The first kappa shape index (κ1) is 18.4. The summed E-state index contributed by atoms with van der Waals surface area (Å²) in [6.45, 7) is 2.06. The van der Waals surface area contributed by atoms with Crippen LogP contribution in [0, 0.1) is 0 Å². The lowest BCUT2D eigenvalue weighted by molar-refractivity contribution is 0.0631. The van der Waals surface area contributed by atoms with E-state index in [0.29, 0.717) is 28.9 Å². The van der Waals surface area contributed by atoms with E-state index < -0.39 is 9.05 Å². The van der Waals surface area contributed by atoms with Crippen molar-refractivity contribution in [1.29, 1.82) is 0 Å². The molecule has 0 unspecified atom stereocenters. The van der Waals surface area contributed by atoms with Crippen molar-refractivity contribution in [2.24, 2.45) is 0 Å². The summed E-state index contributed by atoms with van der Waals surface area (Å²) in [6.07, 6.45) is 0.544. The van der Waals surface area contributed by atoms with Crippen molar-refractivity contribution >= 4 is 31.5 Å². The Balaban J connectivity index is 1.69. The predicted octanol–water partition coefficient (Wildman–Crippen LogP) is 2.85. The van der Waals surface area contributed by atoms with Crippen LogP contribution in [-0.2, 0) is 15.5 Å². The van der Waals surface area contributed by atoms with Crippen LogP contribution >= 0.6 is 10.7 Å². The summed E-state index contributed by atoms with van der Waals surface area (Å²) in [5.41, 5.74) is 1.46. The molecule has 0 N–H and O–H groups in total. The molecule has 0 saturated carbocycles. The lowest BCUT2D eigenvalue weighted by Crippen LogP contribution is -2.33. The van der Waals surface area contributed by atoms with Gasteiger partial charge in [-0.3, -0.25) is 14.5 Å². The van der Waals surface area contributed by atoms with Gasteiger partial charge in [-0.2, -0.15) is 0 Å². The number of aryl methyl sites for hydroxylation is 1. The standard InChI is InChI=1S/C18H16ClNO5S/c1-2-12-11-13(26(19,23)24)7-8-16(12)25-10-9-20-17(21)14-5-3-4-6-15(14)18(20)22/h3-8,11H,2,9-10H2,1H3. The van der Waals surface area contributed by atoms with Gasteiger partial charge in [-0.15, -0.1) is 0 Å². The van der Waals surface area contributed by atoms with Gasteiger partial charge in [-0.1, -0.05) is 19.1 Å². The van der Waals surface area contributed by atoms with Gasteiger partial charge < -0.3 is 4.74 Å². The molecule has 1 aliphatic rings. The molecule has 2 aromatic rings. The fourth-order valence-electron chi connectivity index (χ4n) is 2.81. The minimum absolute atomic E-state index is 0.00344. The number of benzene rings is 2. The van der Waals surface area contributed by atoms with Crippen molar-refractivity contribution in [2.45, 2.75) is 18.2 Å². The van der Waals surface area contributed by atoms with Crippen molar-refractivity contribution in [3.63, 3.8) is 0 Å². The number of carbonyl (C=O) groups excluding carboxylic acids is 2. The van der Waals surface area contributed by atoms with E-state index in [4.69, 9.17) is 15.4 Å². The second-order valence-corrected chi connectivity index (χ2v) is 8.28. The molecule has 0 bridgehead atoms. The predicted molar refractivity (Wildman–Crippen MR) is 96.2 cm³/mol. The average Bonchev–Trinajstić information content (AvgIpc) is 2.86. The Bertz CT molecular complexity index is 952. The van der Waals surface area contributed by atoms with Crippen molar-refractivity contribution < 1.29 is 22.7 Å². The zero-order chi connectivity index (χ0) is 18.9. The van der Waals surface area contributed by atoms with Crippen molar-refractivity contribution in [2.75, 3.05) is 13.2 Å². The molecular weight excluding hydrogens is 378 g/mol. The van der Waals surface area contributed by atoms with Gasteiger partial charge in [-0.05, 0) is 42.3 Å². The highest BCUT2D eigenvalue weighted by atomic mass is 35.7. The van der Waals surface area contributed by atoms with Crippen LogP contribution in [0.4, 0.5) is 0 Å². The summed E-state index contributed by atoms with van der Waals surface area (Å²) >= 11 is 0. The number of rotatable bonds is 6. The molecule has 0 aromatic heterocycles. The summed E-state index contributed by atoms with van der Waals surface area (Å²) < 4.78 is 28.5. The lowest BCUT2D eigenvalue weighted by atomic mass is 10.1. The molecule has 1 aliphatic heterocycles. The summed E-state index contributed by atoms with van der Waals surface area (Å²) in [4.78, 5) is 25.7. The van der Waals surface area contributed by atoms with Gasteiger partial charge in [0, 0.05) is 10.7 Å². The summed E-state index contributed by atoms with van der Waals surface area (Å²) in [6, 6.07) is 11.0. The largest absolute Gasteiger partial charge is 0.491 e. The average molecular weight is 394 g/mol. The topological polar surface area (TPSA) is 80.8 Å². The normalized spacial score (nSPS) is 13.8. The Morgan fingerprint density at radius 1 is 1.04 bits per heavy atom. The monoisotopic (exact) mass is 393 g/mol. The fourth-order valence-corrected chi connectivity index (χ4v) is 3.62. The van der Waals surface area contributed by atoms with E-state index in [1.54, 1.807) is 24.3 Å². The van der Waals surface area contributed by atoms with Crippen molar-refractivity contribution in [3.8, 4) is 5.75 Å². The maximum atomic E-state index is 12.3. The van der Waals surface area contributed by atoms with Crippen molar-refractivity contribution in [3.05, 3.63) is 59.2 Å². The van der Waals surface area contributed by atoms with Gasteiger partial charge in [0.25, 0.3) is 20.9 Å². The van der Waals surface area contributed by atoms with Gasteiger partial charge >= 0.3 is 0 Å². The quantitative estimate of drug-likeness (QED) is 0.556. The zero-order valence-corrected chi connectivity index (χ0v) is 15.5. The summed E-state index contributed by atoms with van der Waals surface area (Å²) in [7, 11) is 1.54. The highest BCUT2D eigenvalue weighted by molar-refractivity contribution is 8.13. The van der Waals surface area contributed by atoms with Crippen LogP contribution in [-0.4, -0.2) is 38.3 Å². The molecule has 0 aliphatic carbocycles. The second kappa shape index (κ2) is 7.09. The second-order valence-electron chi connectivity index (χ2n) is 5.72. The minimum atomic E-state index is -3.81. The SMILES string of the molecule is CCc1cc(S(=O)(=O)Cl)ccc1OCCN1C(=O)c2ccccc2C1=O. The Morgan fingerprint density at radius 2 is 1.65 bits per heavy atom. The molecule has 8 heteroatoms. The molecule has 26 heavy (non-hydrogen) atoms. The third kappa shape index (κ3) is 3.45. The van der Waals surface area contributed by atoms with E-state index in [1.807, 2.05) is 6.92 Å². The summed E-state index contributed by atoms with van der Waals surface area (Å²) in [5, 5.41) is 0. The molecule has 6 nitrogen and oxygen atoms in total. The molecule has 0 radical (unpaired) electrons. The number of hydrogen-bond acceptors (Lipinski definition) is 5.